The monoisotopic (exact) mass is 261 g/mol. The Kier molecular flexibility index (Phi) is 4.83. The zero-order valence-electron chi connectivity index (χ0n) is 11.8. The van der Waals surface area contributed by atoms with Crippen molar-refractivity contribution in [2.75, 3.05) is 0 Å². The van der Waals surface area contributed by atoms with Crippen molar-refractivity contribution in [3.05, 3.63) is 29.8 Å². The van der Waals surface area contributed by atoms with Gasteiger partial charge in [-0.3, -0.25) is 0 Å². The highest BCUT2D eigenvalue weighted by molar-refractivity contribution is 5.98. The zero-order valence-corrected chi connectivity index (χ0v) is 11.8. The number of hydrogen-bond acceptors (Lipinski definition) is 3. The molecular weight excluding hydrogens is 238 g/mol. The second kappa shape index (κ2) is 6.60. The van der Waals surface area contributed by atoms with E-state index in [-0.39, 0.29) is 0 Å². The summed E-state index contributed by atoms with van der Waals surface area (Å²) in [5.74, 6) is 1.69. The molecule has 0 aliphatic heterocycles. The van der Waals surface area contributed by atoms with Gasteiger partial charge in [-0.1, -0.05) is 37.1 Å². The Balaban J connectivity index is 2.02. The van der Waals surface area contributed by atoms with Crippen LogP contribution in [0.1, 0.15) is 51.5 Å². The Morgan fingerprint density at radius 3 is 3.00 bits per heavy atom. The predicted molar refractivity (Wildman–Crippen MR) is 77.1 cm³/mol. The van der Waals surface area contributed by atoms with Gasteiger partial charge in [-0.05, 0) is 44.2 Å². The molecular formula is C16H23NO2. The summed E-state index contributed by atoms with van der Waals surface area (Å²) in [6, 6.07) is 7.80. The largest absolute Gasteiger partial charge is 0.490 e. The first-order valence-electron chi connectivity index (χ1n) is 7.18. The van der Waals surface area contributed by atoms with Crippen molar-refractivity contribution in [1.29, 1.82) is 0 Å². The molecule has 3 nitrogen and oxygen atoms in total. The molecule has 1 aliphatic carbocycles. The molecule has 1 saturated carbocycles. The van der Waals surface area contributed by atoms with Crippen LogP contribution in [0.15, 0.2) is 29.4 Å². The highest BCUT2D eigenvalue weighted by atomic mass is 16.5. The van der Waals surface area contributed by atoms with Gasteiger partial charge in [-0.2, -0.15) is 0 Å². The predicted octanol–water partition coefficient (Wildman–Crippen LogP) is 4.23. The third kappa shape index (κ3) is 3.72. The van der Waals surface area contributed by atoms with E-state index in [9.17, 15) is 0 Å². The van der Waals surface area contributed by atoms with E-state index in [2.05, 4.69) is 12.1 Å². The number of rotatable bonds is 4. The molecule has 0 heterocycles. The summed E-state index contributed by atoms with van der Waals surface area (Å²) >= 11 is 0. The maximum atomic E-state index is 8.81. The summed E-state index contributed by atoms with van der Waals surface area (Å²) in [6.07, 6.45) is 6.49. The van der Waals surface area contributed by atoms with E-state index in [4.69, 9.17) is 9.94 Å². The number of oxime groups is 1. The quantitative estimate of drug-likeness (QED) is 0.500. The van der Waals surface area contributed by atoms with Crippen LogP contribution in [0, 0.1) is 5.92 Å². The van der Waals surface area contributed by atoms with Crippen molar-refractivity contribution in [3.63, 3.8) is 0 Å². The Morgan fingerprint density at radius 1 is 1.42 bits per heavy atom. The average Bonchev–Trinajstić information content (AvgIpc) is 2.47. The molecule has 1 N–H and O–H groups in total. The number of nitrogens with zero attached hydrogens (tertiary/aromatic N) is 1. The SMILES string of the molecule is CCC1CCCC(Oc2cccc(C(C)=NO)c2)C1. The van der Waals surface area contributed by atoms with Crippen LogP contribution < -0.4 is 4.74 Å². The average molecular weight is 261 g/mol. The van der Waals surface area contributed by atoms with Gasteiger partial charge in [0.1, 0.15) is 5.75 Å². The molecule has 3 heteroatoms. The molecule has 0 saturated heterocycles. The standard InChI is InChI=1S/C16H23NO2/c1-3-13-6-4-8-15(10-13)19-16-9-5-7-14(11-16)12(2)17-18/h5,7,9,11,13,15,18H,3-4,6,8,10H2,1-2H3. The van der Waals surface area contributed by atoms with E-state index in [0.29, 0.717) is 11.8 Å². The minimum absolute atomic E-state index is 0.334. The van der Waals surface area contributed by atoms with Crippen LogP contribution in [-0.4, -0.2) is 17.0 Å². The minimum Gasteiger partial charge on any atom is -0.490 e. The molecule has 2 unspecified atom stereocenters. The van der Waals surface area contributed by atoms with Crippen LogP contribution in [-0.2, 0) is 0 Å². The zero-order chi connectivity index (χ0) is 13.7. The highest BCUT2D eigenvalue weighted by Gasteiger charge is 2.22. The number of hydrogen-bond donors (Lipinski definition) is 1. The molecule has 0 spiro atoms. The van der Waals surface area contributed by atoms with E-state index in [1.54, 1.807) is 6.92 Å². The summed E-state index contributed by atoms with van der Waals surface area (Å²) in [5.41, 5.74) is 1.52. The maximum Gasteiger partial charge on any atom is 0.120 e. The van der Waals surface area contributed by atoms with Crippen molar-refractivity contribution in [2.24, 2.45) is 11.1 Å². The molecule has 2 rings (SSSR count). The first-order valence-corrected chi connectivity index (χ1v) is 7.18. The van der Waals surface area contributed by atoms with E-state index < -0.39 is 0 Å². The van der Waals surface area contributed by atoms with Gasteiger partial charge in [0, 0.05) is 5.56 Å². The van der Waals surface area contributed by atoms with Crippen molar-refractivity contribution < 1.29 is 9.94 Å². The molecule has 0 radical (unpaired) electrons. The van der Waals surface area contributed by atoms with Crippen molar-refractivity contribution in [3.8, 4) is 5.75 Å². The molecule has 19 heavy (non-hydrogen) atoms. The summed E-state index contributed by atoms with van der Waals surface area (Å²) in [4.78, 5) is 0. The lowest BCUT2D eigenvalue weighted by molar-refractivity contribution is 0.122. The second-order valence-electron chi connectivity index (χ2n) is 5.39. The smallest absolute Gasteiger partial charge is 0.120 e. The van der Waals surface area contributed by atoms with Gasteiger partial charge < -0.3 is 9.94 Å². The first-order chi connectivity index (χ1) is 9.22. The second-order valence-corrected chi connectivity index (χ2v) is 5.39. The summed E-state index contributed by atoms with van der Waals surface area (Å²) < 4.78 is 6.09. The van der Waals surface area contributed by atoms with Crippen molar-refractivity contribution >= 4 is 5.71 Å². The molecule has 1 fully saturated rings. The lowest BCUT2D eigenvalue weighted by Crippen LogP contribution is -2.25. The topological polar surface area (TPSA) is 41.8 Å². The molecule has 1 aromatic carbocycles. The lowest BCUT2D eigenvalue weighted by Gasteiger charge is -2.29. The van der Waals surface area contributed by atoms with Gasteiger partial charge in [0.25, 0.3) is 0 Å². The Hall–Kier alpha value is -1.51. The minimum atomic E-state index is 0.334. The Morgan fingerprint density at radius 2 is 2.26 bits per heavy atom. The van der Waals surface area contributed by atoms with Gasteiger partial charge in [0.15, 0.2) is 0 Å². The Bertz CT molecular complexity index is 442. The van der Waals surface area contributed by atoms with Crippen molar-refractivity contribution in [1.82, 2.24) is 0 Å². The van der Waals surface area contributed by atoms with Crippen LogP contribution in [0.3, 0.4) is 0 Å². The highest BCUT2D eigenvalue weighted by Crippen LogP contribution is 2.29. The van der Waals surface area contributed by atoms with Crippen LogP contribution in [0.2, 0.25) is 0 Å². The van der Waals surface area contributed by atoms with Gasteiger partial charge >= 0.3 is 0 Å². The Labute approximate surface area is 115 Å². The molecule has 0 bridgehead atoms. The van der Waals surface area contributed by atoms with Crippen LogP contribution in [0.25, 0.3) is 0 Å². The fourth-order valence-electron chi connectivity index (χ4n) is 2.76. The normalized spacial score (nSPS) is 24.2. The summed E-state index contributed by atoms with van der Waals surface area (Å²) in [7, 11) is 0. The summed E-state index contributed by atoms with van der Waals surface area (Å²) in [5, 5.41) is 12.0. The molecule has 0 amide bonds. The van der Waals surface area contributed by atoms with Gasteiger partial charge in [0.2, 0.25) is 0 Å². The van der Waals surface area contributed by atoms with Crippen LogP contribution in [0.4, 0.5) is 0 Å². The van der Waals surface area contributed by atoms with Gasteiger partial charge in [0.05, 0.1) is 11.8 Å². The fraction of sp³-hybridized carbons (Fsp3) is 0.562. The van der Waals surface area contributed by atoms with Crippen LogP contribution >= 0.6 is 0 Å². The maximum absolute atomic E-state index is 8.81. The summed E-state index contributed by atoms with van der Waals surface area (Å²) in [6.45, 7) is 4.04. The van der Waals surface area contributed by atoms with E-state index >= 15 is 0 Å². The molecule has 1 aliphatic rings. The number of ether oxygens (including phenoxy) is 1. The lowest BCUT2D eigenvalue weighted by atomic mass is 9.85. The molecule has 2 atom stereocenters. The van der Waals surface area contributed by atoms with E-state index in [0.717, 1.165) is 30.1 Å². The first kappa shape index (κ1) is 13.9. The van der Waals surface area contributed by atoms with E-state index in [1.807, 2.05) is 24.3 Å². The van der Waals surface area contributed by atoms with Crippen molar-refractivity contribution in [2.45, 2.75) is 52.1 Å². The van der Waals surface area contributed by atoms with Gasteiger partial charge in [-0.25, -0.2) is 0 Å². The fourth-order valence-corrected chi connectivity index (χ4v) is 2.76. The molecule has 1 aromatic rings. The third-order valence-electron chi connectivity index (χ3n) is 4.02. The number of benzene rings is 1. The third-order valence-corrected chi connectivity index (χ3v) is 4.02. The molecule has 104 valence electrons. The van der Waals surface area contributed by atoms with Gasteiger partial charge in [-0.15, -0.1) is 0 Å². The molecule has 0 aromatic heterocycles. The van der Waals surface area contributed by atoms with E-state index in [1.165, 1.54) is 19.3 Å². The van der Waals surface area contributed by atoms with Crippen LogP contribution in [0.5, 0.6) is 5.75 Å².